The van der Waals surface area contributed by atoms with Crippen molar-refractivity contribution >= 4 is 10.0 Å². The van der Waals surface area contributed by atoms with E-state index in [1.807, 2.05) is 6.92 Å². The van der Waals surface area contributed by atoms with Crippen LogP contribution in [0.1, 0.15) is 35.5 Å². The van der Waals surface area contributed by atoms with Gasteiger partial charge in [-0.05, 0) is 43.5 Å². The molecule has 8 nitrogen and oxygen atoms in total. The van der Waals surface area contributed by atoms with E-state index >= 15 is 0 Å². The van der Waals surface area contributed by atoms with Crippen LogP contribution in [0.3, 0.4) is 0 Å². The van der Waals surface area contributed by atoms with Crippen LogP contribution in [-0.2, 0) is 16.6 Å². The number of nitrogens with one attached hydrogen (secondary N) is 2. The molecule has 0 aliphatic carbocycles. The minimum absolute atomic E-state index is 0.132. The fourth-order valence-corrected chi connectivity index (χ4v) is 3.51. The Hall–Kier alpha value is -1.84. The van der Waals surface area contributed by atoms with E-state index in [0.717, 1.165) is 5.56 Å². The second-order valence-electron chi connectivity index (χ2n) is 4.82. The molecule has 2 aromatic rings. The number of rotatable bonds is 5. The minimum atomic E-state index is -3.75. The Labute approximate surface area is 122 Å². The molecule has 0 saturated heterocycles. The van der Waals surface area contributed by atoms with Gasteiger partial charge in [0.25, 0.3) is 0 Å². The topological polar surface area (TPSA) is 121 Å². The highest BCUT2D eigenvalue weighted by Gasteiger charge is 2.23. The second-order valence-corrected chi connectivity index (χ2v) is 6.50. The first-order valence-corrected chi connectivity index (χ1v) is 7.80. The summed E-state index contributed by atoms with van der Waals surface area (Å²) in [6.07, 6.45) is 0. The van der Waals surface area contributed by atoms with Crippen molar-refractivity contribution in [1.82, 2.24) is 25.3 Å². The summed E-state index contributed by atoms with van der Waals surface area (Å²) in [5, 5.41) is 22.5. The van der Waals surface area contributed by atoms with Gasteiger partial charge in [0.15, 0.2) is 5.82 Å². The third-order valence-electron chi connectivity index (χ3n) is 3.17. The first-order valence-electron chi connectivity index (χ1n) is 6.32. The highest BCUT2D eigenvalue weighted by Crippen LogP contribution is 2.22. The summed E-state index contributed by atoms with van der Waals surface area (Å²) >= 11 is 0. The zero-order valence-electron chi connectivity index (χ0n) is 12.0. The van der Waals surface area contributed by atoms with Crippen LogP contribution >= 0.6 is 0 Å². The maximum Gasteiger partial charge on any atom is 0.241 e. The molecule has 0 aliphatic heterocycles. The van der Waals surface area contributed by atoms with E-state index in [0.29, 0.717) is 11.1 Å². The Balaban J connectivity index is 2.36. The van der Waals surface area contributed by atoms with E-state index in [9.17, 15) is 13.5 Å². The van der Waals surface area contributed by atoms with Crippen molar-refractivity contribution in [3.05, 3.63) is 34.6 Å². The number of benzene rings is 1. The molecule has 2 rings (SSSR count). The summed E-state index contributed by atoms with van der Waals surface area (Å²) in [6, 6.07) is 2.60. The third-order valence-corrected chi connectivity index (χ3v) is 4.86. The van der Waals surface area contributed by atoms with Crippen molar-refractivity contribution in [2.75, 3.05) is 0 Å². The monoisotopic (exact) mass is 311 g/mol. The molecule has 0 bridgehead atoms. The van der Waals surface area contributed by atoms with Crippen molar-refractivity contribution < 1.29 is 13.5 Å². The highest BCUT2D eigenvalue weighted by molar-refractivity contribution is 7.89. The van der Waals surface area contributed by atoms with Crippen LogP contribution in [0.5, 0.6) is 0 Å². The van der Waals surface area contributed by atoms with Crippen LogP contribution < -0.4 is 4.72 Å². The van der Waals surface area contributed by atoms with Crippen molar-refractivity contribution in [2.45, 2.75) is 38.3 Å². The number of H-pyrrole nitrogens is 1. The van der Waals surface area contributed by atoms with Gasteiger partial charge in [-0.1, -0.05) is 11.3 Å². The lowest BCUT2D eigenvalue weighted by Crippen LogP contribution is -2.28. The predicted octanol–water partition coefficient (Wildman–Crippen LogP) is 0.348. The Kier molecular flexibility index (Phi) is 4.35. The lowest BCUT2D eigenvalue weighted by Gasteiger charge is -2.14. The molecule has 0 radical (unpaired) electrons. The van der Waals surface area contributed by atoms with Gasteiger partial charge in [-0.2, -0.15) is 5.21 Å². The second kappa shape index (κ2) is 5.88. The van der Waals surface area contributed by atoms with E-state index < -0.39 is 16.1 Å². The van der Waals surface area contributed by atoms with Crippen LogP contribution in [0.15, 0.2) is 17.0 Å². The van der Waals surface area contributed by atoms with E-state index in [1.165, 1.54) is 6.07 Å². The van der Waals surface area contributed by atoms with Gasteiger partial charge in [0.2, 0.25) is 10.0 Å². The summed E-state index contributed by atoms with van der Waals surface area (Å²) < 4.78 is 27.4. The number of aliphatic hydroxyl groups is 1. The maximum atomic E-state index is 12.5. The molecule has 0 amide bonds. The molecule has 0 saturated carbocycles. The molecular weight excluding hydrogens is 294 g/mol. The van der Waals surface area contributed by atoms with E-state index in [2.05, 4.69) is 25.3 Å². The van der Waals surface area contributed by atoms with Crippen LogP contribution in [0.4, 0.5) is 0 Å². The molecule has 114 valence electrons. The third kappa shape index (κ3) is 3.26. The maximum absolute atomic E-state index is 12.5. The molecule has 1 unspecified atom stereocenters. The fraction of sp³-hybridized carbons (Fsp3) is 0.417. The van der Waals surface area contributed by atoms with Gasteiger partial charge < -0.3 is 5.11 Å². The number of aromatic amines is 1. The van der Waals surface area contributed by atoms with Gasteiger partial charge in [0.1, 0.15) is 0 Å². The standard InChI is InChI=1S/C12H17N5O3S/c1-7-4-8(2)11(5-10(7)6-18)21(19,20)15-9(3)12-13-16-17-14-12/h4-5,9,15,18H,6H2,1-3H3,(H,13,14,16,17). The molecule has 1 heterocycles. The van der Waals surface area contributed by atoms with Gasteiger partial charge in [-0.25, -0.2) is 13.1 Å². The summed E-state index contributed by atoms with van der Waals surface area (Å²) in [7, 11) is -3.75. The Bertz CT molecular complexity index is 728. The molecule has 0 spiro atoms. The van der Waals surface area contributed by atoms with Gasteiger partial charge in [0, 0.05) is 0 Å². The normalized spacial score (nSPS) is 13.3. The van der Waals surface area contributed by atoms with E-state index in [1.54, 1.807) is 19.9 Å². The molecule has 1 aromatic carbocycles. The van der Waals surface area contributed by atoms with Crippen molar-refractivity contribution in [1.29, 1.82) is 0 Å². The Morgan fingerprint density at radius 1 is 1.33 bits per heavy atom. The van der Waals surface area contributed by atoms with Crippen LogP contribution in [0.2, 0.25) is 0 Å². The molecule has 3 N–H and O–H groups in total. The number of tetrazole rings is 1. The van der Waals surface area contributed by atoms with Gasteiger partial charge >= 0.3 is 0 Å². The summed E-state index contributed by atoms with van der Waals surface area (Å²) in [5.41, 5.74) is 2.03. The first-order chi connectivity index (χ1) is 9.85. The highest BCUT2D eigenvalue weighted by atomic mass is 32.2. The minimum Gasteiger partial charge on any atom is -0.392 e. The van der Waals surface area contributed by atoms with E-state index in [-0.39, 0.29) is 17.3 Å². The van der Waals surface area contributed by atoms with Crippen molar-refractivity contribution in [2.24, 2.45) is 0 Å². The summed E-state index contributed by atoms with van der Waals surface area (Å²) in [4.78, 5) is 0.132. The Morgan fingerprint density at radius 3 is 2.62 bits per heavy atom. The van der Waals surface area contributed by atoms with Gasteiger partial charge in [0.05, 0.1) is 17.5 Å². The zero-order valence-corrected chi connectivity index (χ0v) is 12.8. The Morgan fingerprint density at radius 2 is 2.05 bits per heavy atom. The molecular formula is C12H17N5O3S. The number of aliphatic hydroxyl groups excluding tert-OH is 1. The number of aromatic nitrogens is 4. The van der Waals surface area contributed by atoms with Gasteiger partial charge in [-0.3, -0.25) is 0 Å². The zero-order chi connectivity index (χ0) is 15.6. The summed E-state index contributed by atoms with van der Waals surface area (Å²) in [6.45, 7) is 4.94. The van der Waals surface area contributed by atoms with E-state index in [4.69, 9.17) is 0 Å². The van der Waals surface area contributed by atoms with Crippen molar-refractivity contribution in [3.63, 3.8) is 0 Å². The number of hydrogen-bond donors (Lipinski definition) is 3. The molecule has 9 heteroatoms. The lowest BCUT2D eigenvalue weighted by atomic mass is 10.1. The molecule has 21 heavy (non-hydrogen) atoms. The molecule has 0 aliphatic rings. The average Bonchev–Trinajstić information content (AvgIpc) is 2.91. The summed E-state index contributed by atoms with van der Waals surface area (Å²) in [5.74, 6) is 0.255. The largest absolute Gasteiger partial charge is 0.392 e. The van der Waals surface area contributed by atoms with Crippen molar-refractivity contribution in [3.8, 4) is 0 Å². The fourth-order valence-electron chi connectivity index (χ4n) is 2.04. The molecule has 1 aromatic heterocycles. The van der Waals surface area contributed by atoms with Gasteiger partial charge in [-0.15, -0.1) is 10.2 Å². The number of nitrogens with zero attached hydrogens (tertiary/aromatic N) is 3. The van der Waals surface area contributed by atoms with Crippen LogP contribution in [0.25, 0.3) is 0 Å². The SMILES string of the molecule is Cc1cc(C)c(S(=O)(=O)NC(C)c2nn[nH]n2)cc1CO. The smallest absolute Gasteiger partial charge is 0.241 e. The lowest BCUT2D eigenvalue weighted by molar-refractivity contribution is 0.280. The number of hydrogen-bond acceptors (Lipinski definition) is 6. The van der Waals surface area contributed by atoms with Crippen LogP contribution in [-0.4, -0.2) is 34.1 Å². The number of sulfonamides is 1. The van der Waals surface area contributed by atoms with Crippen LogP contribution in [0, 0.1) is 13.8 Å². The molecule has 0 fully saturated rings. The average molecular weight is 311 g/mol. The quantitative estimate of drug-likeness (QED) is 0.732. The first kappa shape index (κ1) is 15.5. The predicted molar refractivity (Wildman–Crippen MR) is 74.8 cm³/mol. The molecule has 1 atom stereocenters. The number of aryl methyl sites for hydroxylation is 2.